The van der Waals surface area contributed by atoms with Gasteiger partial charge in [-0.15, -0.1) is 0 Å². The van der Waals surface area contributed by atoms with Gasteiger partial charge in [0.2, 0.25) is 5.91 Å². The molecular formula is C16H25N3O. The minimum absolute atomic E-state index is 0.153. The number of nitrogens with one attached hydrogen (secondary N) is 1. The van der Waals surface area contributed by atoms with Gasteiger partial charge < -0.3 is 15.1 Å². The molecule has 0 bridgehead atoms. The number of hydrogen-bond acceptors (Lipinski definition) is 3. The molecule has 0 spiro atoms. The van der Waals surface area contributed by atoms with Gasteiger partial charge in [-0.05, 0) is 37.0 Å². The fourth-order valence-corrected chi connectivity index (χ4v) is 2.65. The molecule has 0 radical (unpaired) electrons. The van der Waals surface area contributed by atoms with Gasteiger partial charge in [0, 0.05) is 38.6 Å². The third kappa shape index (κ3) is 3.24. The second-order valence-corrected chi connectivity index (χ2v) is 5.54. The standard InChI is InChI=1S/C16H25N3O/c1-4-11-19(12-16(20)18(2)3)15-9-5-8-14-13(15)7-6-10-17-14/h5,8-9,17H,4,6-7,10-12H2,1-3H3. The minimum atomic E-state index is 0.153. The molecule has 4 heteroatoms. The van der Waals surface area contributed by atoms with Crippen molar-refractivity contribution in [1.82, 2.24) is 4.90 Å². The van der Waals surface area contributed by atoms with Crippen molar-refractivity contribution in [3.8, 4) is 0 Å². The van der Waals surface area contributed by atoms with E-state index in [0.717, 1.165) is 32.4 Å². The van der Waals surface area contributed by atoms with Crippen LogP contribution in [0.2, 0.25) is 0 Å². The van der Waals surface area contributed by atoms with Gasteiger partial charge in [0.1, 0.15) is 0 Å². The lowest BCUT2D eigenvalue weighted by molar-refractivity contribution is -0.127. The highest BCUT2D eigenvalue weighted by atomic mass is 16.2. The molecule has 20 heavy (non-hydrogen) atoms. The Balaban J connectivity index is 2.27. The number of amides is 1. The summed E-state index contributed by atoms with van der Waals surface area (Å²) in [7, 11) is 3.63. The molecule has 0 fully saturated rings. The Morgan fingerprint density at radius 3 is 2.85 bits per heavy atom. The first kappa shape index (κ1) is 14.7. The normalized spacial score (nSPS) is 13.3. The van der Waals surface area contributed by atoms with Crippen LogP contribution in [0.4, 0.5) is 11.4 Å². The maximum Gasteiger partial charge on any atom is 0.241 e. The third-order valence-electron chi connectivity index (χ3n) is 3.73. The molecule has 0 atom stereocenters. The van der Waals surface area contributed by atoms with Gasteiger partial charge in [0.15, 0.2) is 0 Å². The molecule has 1 aromatic carbocycles. The average Bonchev–Trinajstić information content (AvgIpc) is 2.46. The predicted octanol–water partition coefficient (Wildman–Crippen LogP) is 2.35. The lowest BCUT2D eigenvalue weighted by Gasteiger charge is -2.30. The second-order valence-electron chi connectivity index (χ2n) is 5.54. The number of fused-ring (bicyclic) bond motifs is 1. The highest BCUT2D eigenvalue weighted by Crippen LogP contribution is 2.31. The molecule has 1 aliphatic rings. The van der Waals surface area contributed by atoms with Gasteiger partial charge in [-0.3, -0.25) is 4.79 Å². The number of carbonyl (C=O) groups is 1. The zero-order chi connectivity index (χ0) is 14.5. The molecule has 0 aromatic heterocycles. The Labute approximate surface area is 121 Å². The van der Waals surface area contributed by atoms with Crippen molar-refractivity contribution in [2.75, 3.05) is 43.9 Å². The van der Waals surface area contributed by atoms with E-state index in [1.54, 1.807) is 4.90 Å². The fourth-order valence-electron chi connectivity index (χ4n) is 2.65. The summed E-state index contributed by atoms with van der Waals surface area (Å²) in [6.07, 6.45) is 3.29. The predicted molar refractivity (Wildman–Crippen MR) is 84.5 cm³/mol. The van der Waals surface area contributed by atoms with Crippen LogP contribution >= 0.6 is 0 Å². The smallest absolute Gasteiger partial charge is 0.241 e. The molecule has 1 heterocycles. The molecule has 0 saturated carbocycles. The highest BCUT2D eigenvalue weighted by Gasteiger charge is 2.19. The van der Waals surface area contributed by atoms with E-state index in [4.69, 9.17) is 0 Å². The second kappa shape index (κ2) is 6.64. The number of hydrogen-bond donors (Lipinski definition) is 1. The zero-order valence-electron chi connectivity index (χ0n) is 12.8. The molecule has 0 aliphatic carbocycles. The summed E-state index contributed by atoms with van der Waals surface area (Å²) in [5, 5.41) is 3.45. The van der Waals surface area contributed by atoms with Gasteiger partial charge in [0.25, 0.3) is 0 Å². The maximum atomic E-state index is 12.0. The quantitative estimate of drug-likeness (QED) is 0.896. The Bertz CT molecular complexity index is 471. The lowest BCUT2D eigenvalue weighted by atomic mass is 10.0. The first-order chi connectivity index (χ1) is 9.63. The van der Waals surface area contributed by atoms with Gasteiger partial charge in [0.05, 0.1) is 6.54 Å². The van der Waals surface area contributed by atoms with E-state index in [9.17, 15) is 4.79 Å². The number of anilines is 2. The maximum absolute atomic E-state index is 12.0. The van der Waals surface area contributed by atoms with Crippen LogP contribution in [-0.4, -0.2) is 44.5 Å². The van der Waals surface area contributed by atoms with E-state index in [2.05, 4.69) is 35.3 Å². The Hall–Kier alpha value is -1.71. The Morgan fingerprint density at radius 1 is 1.35 bits per heavy atom. The van der Waals surface area contributed by atoms with Crippen LogP contribution in [0.5, 0.6) is 0 Å². The SMILES string of the molecule is CCCN(CC(=O)N(C)C)c1cccc2c1CCCN2. The summed E-state index contributed by atoms with van der Waals surface area (Å²) in [6, 6.07) is 6.36. The summed E-state index contributed by atoms with van der Waals surface area (Å²) >= 11 is 0. The van der Waals surface area contributed by atoms with Crippen LogP contribution < -0.4 is 10.2 Å². The molecule has 2 rings (SSSR count). The summed E-state index contributed by atoms with van der Waals surface area (Å²) < 4.78 is 0. The lowest BCUT2D eigenvalue weighted by Crippen LogP contribution is -2.37. The van der Waals surface area contributed by atoms with Gasteiger partial charge in [-0.2, -0.15) is 0 Å². The molecule has 1 aliphatic heterocycles. The van der Waals surface area contributed by atoms with E-state index in [1.165, 1.54) is 16.9 Å². The van der Waals surface area contributed by atoms with Crippen molar-refractivity contribution in [1.29, 1.82) is 0 Å². The average molecular weight is 275 g/mol. The van der Waals surface area contributed by atoms with Crippen molar-refractivity contribution < 1.29 is 4.79 Å². The highest BCUT2D eigenvalue weighted by molar-refractivity contribution is 5.82. The van der Waals surface area contributed by atoms with Crippen LogP contribution in [0.3, 0.4) is 0 Å². The number of nitrogens with zero attached hydrogens (tertiary/aromatic N) is 2. The van der Waals surface area contributed by atoms with Crippen molar-refractivity contribution in [3.05, 3.63) is 23.8 Å². The van der Waals surface area contributed by atoms with E-state index in [-0.39, 0.29) is 5.91 Å². The van der Waals surface area contributed by atoms with Crippen LogP contribution in [0.15, 0.2) is 18.2 Å². The zero-order valence-corrected chi connectivity index (χ0v) is 12.8. The summed E-state index contributed by atoms with van der Waals surface area (Å²) in [5.41, 5.74) is 3.80. The number of rotatable bonds is 5. The first-order valence-electron chi connectivity index (χ1n) is 7.44. The Kier molecular flexibility index (Phi) is 4.88. The van der Waals surface area contributed by atoms with Crippen molar-refractivity contribution in [2.24, 2.45) is 0 Å². The van der Waals surface area contributed by atoms with Gasteiger partial charge in [-0.1, -0.05) is 13.0 Å². The molecule has 4 nitrogen and oxygen atoms in total. The molecule has 1 amide bonds. The third-order valence-corrected chi connectivity index (χ3v) is 3.73. The summed E-state index contributed by atoms with van der Waals surface area (Å²) in [4.78, 5) is 15.9. The number of benzene rings is 1. The number of likely N-dealkylation sites (N-methyl/N-ethyl adjacent to an activating group) is 1. The van der Waals surface area contributed by atoms with E-state index in [1.807, 2.05) is 14.1 Å². The molecule has 1 N–H and O–H groups in total. The van der Waals surface area contributed by atoms with E-state index >= 15 is 0 Å². The van der Waals surface area contributed by atoms with Gasteiger partial charge in [-0.25, -0.2) is 0 Å². The van der Waals surface area contributed by atoms with Crippen LogP contribution in [0.25, 0.3) is 0 Å². The molecule has 1 aromatic rings. The van der Waals surface area contributed by atoms with Crippen molar-refractivity contribution in [3.63, 3.8) is 0 Å². The van der Waals surface area contributed by atoms with Crippen molar-refractivity contribution >= 4 is 17.3 Å². The summed E-state index contributed by atoms with van der Waals surface area (Å²) in [6.45, 7) is 4.56. The molecular weight excluding hydrogens is 250 g/mol. The molecule has 110 valence electrons. The number of carbonyl (C=O) groups excluding carboxylic acids is 1. The van der Waals surface area contributed by atoms with E-state index < -0.39 is 0 Å². The van der Waals surface area contributed by atoms with Crippen LogP contribution in [-0.2, 0) is 11.2 Å². The monoisotopic (exact) mass is 275 g/mol. The Morgan fingerprint density at radius 2 is 2.15 bits per heavy atom. The topological polar surface area (TPSA) is 35.6 Å². The van der Waals surface area contributed by atoms with Crippen LogP contribution in [0.1, 0.15) is 25.3 Å². The fraction of sp³-hybridized carbons (Fsp3) is 0.562. The first-order valence-corrected chi connectivity index (χ1v) is 7.44. The van der Waals surface area contributed by atoms with Crippen molar-refractivity contribution in [2.45, 2.75) is 26.2 Å². The molecule has 0 unspecified atom stereocenters. The summed E-state index contributed by atoms with van der Waals surface area (Å²) in [5.74, 6) is 0.153. The largest absolute Gasteiger partial charge is 0.385 e. The van der Waals surface area contributed by atoms with Gasteiger partial charge >= 0.3 is 0 Å². The minimum Gasteiger partial charge on any atom is -0.385 e. The van der Waals surface area contributed by atoms with E-state index in [0.29, 0.717) is 6.54 Å². The van der Waals surface area contributed by atoms with Crippen LogP contribution in [0, 0.1) is 0 Å². The molecule has 0 saturated heterocycles.